The van der Waals surface area contributed by atoms with E-state index in [0.717, 1.165) is 5.56 Å². The molecule has 1 amide bonds. The molecule has 3 N–H and O–H groups in total. The van der Waals surface area contributed by atoms with Gasteiger partial charge in [-0.15, -0.1) is 0 Å². The minimum Gasteiger partial charge on any atom is -0.393 e. The van der Waals surface area contributed by atoms with Gasteiger partial charge >= 0.3 is 0 Å². The average Bonchev–Trinajstić information content (AvgIpc) is 3.03. The number of halogens is 1. The topological polar surface area (TPSA) is 100 Å². The SMILES string of the molecule is Cn1cc([C@@H](NC(=O)c2cc(=O)[nH]c3ccc(F)cc23)C2CC(O)C2)cn1. The third kappa shape index (κ3) is 3.35. The van der Waals surface area contributed by atoms with Gasteiger partial charge in [0.15, 0.2) is 0 Å². The highest BCUT2D eigenvalue weighted by molar-refractivity contribution is 6.06. The first-order valence-electron chi connectivity index (χ1n) is 8.71. The fourth-order valence-corrected chi connectivity index (χ4v) is 3.61. The van der Waals surface area contributed by atoms with Crippen LogP contribution in [0.2, 0.25) is 0 Å². The number of carbonyl (C=O) groups excluding carboxylic acids is 1. The summed E-state index contributed by atoms with van der Waals surface area (Å²) in [5, 5.41) is 17.1. The number of nitrogens with one attached hydrogen (secondary N) is 2. The lowest BCUT2D eigenvalue weighted by Crippen LogP contribution is -2.41. The maximum atomic E-state index is 13.7. The van der Waals surface area contributed by atoms with Gasteiger partial charge < -0.3 is 15.4 Å². The molecule has 0 bridgehead atoms. The third-order valence-corrected chi connectivity index (χ3v) is 5.04. The monoisotopic (exact) mass is 370 g/mol. The fourth-order valence-electron chi connectivity index (χ4n) is 3.61. The van der Waals surface area contributed by atoms with Crippen LogP contribution in [0.1, 0.15) is 34.8 Å². The number of H-pyrrole nitrogens is 1. The van der Waals surface area contributed by atoms with Crippen LogP contribution in [-0.2, 0) is 7.05 Å². The number of carbonyl (C=O) groups is 1. The first-order valence-corrected chi connectivity index (χ1v) is 8.71. The number of aromatic nitrogens is 3. The Kier molecular flexibility index (Phi) is 4.27. The number of fused-ring (bicyclic) bond motifs is 1. The van der Waals surface area contributed by atoms with Gasteiger partial charge in [0.25, 0.3) is 5.91 Å². The lowest BCUT2D eigenvalue weighted by molar-refractivity contribution is 0.0235. The number of aliphatic hydroxyl groups is 1. The highest BCUT2D eigenvalue weighted by Gasteiger charge is 2.36. The highest BCUT2D eigenvalue weighted by Crippen LogP contribution is 2.38. The molecule has 7 nitrogen and oxygen atoms in total. The van der Waals surface area contributed by atoms with Crippen LogP contribution in [0.5, 0.6) is 0 Å². The molecule has 4 rings (SSSR count). The summed E-state index contributed by atoms with van der Waals surface area (Å²) in [6.45, 7) is 0. The highest BCUT2D eigenvalue weighted by atomic mass is 19.1. The van der Waals surface area contributed by atoms with E-state index in [2.05, 4.69) is 15.4 Å². The lowest BCUT2D eigenvalue weighted by Gasteiger charge is -2.37. The first-order chi connectivity index (χ1) is 12.9. The molecule has 0 unspecified atom stereocenters. The molecule has 1 aliphatic carbocycles. The van der Waals surface area contributed by atoms with Crippen molar-refractivity contribution in [2.45, 2.75) is 25.0 Å². The Bertz CT molecular complexity index is 1070. The van der Waals surface area contributed by atoms with E-state index in [1.807, 2.05) is 6.20 Å². The summed E-state index contributed by atoms with van der Waals surface area (Å²) in [6, 6.07) is 4.72. The number of benzene rings is 1. The van der Waals surface area contributed by atoms with Crippen molar-refractivity contribution < 1.29 is 14.3 Å². The summed E-state index contributed by atoms with van der Waals surface area (Å²) in [4.78, 5) is 27.5. The minimum atomic E-state index is -0.491. The zero-order valence-corrected chi connectivity index (χ0v) is 14.6. The smallest absolute Gasteiger partial charge is 0.252 e. The molecule has 1 aromatic carbocycles. The van der Waals surface area contributed by atoms with Crippen LogP contribution in [0.3, 0.4) is 0 Å². The van der Waals surface area contributed by atoms with Crippen LogP contribution >= 0.6 is 0 Å². The molecular formula is C19H19FN4O3. The standard InChI is InChI=1S/C19H19FN4O3/c1-24-9-11(8-21-24)18(10-4-13(25)5-10)23-19(27)15-7-17(26)22-16-3-2-12(20)6-14(15)16/h2-3,6-10,13,18,25H,4-5H2,1H3,(H,22,26)(H,23,27)/t10?,13?,18-/m0/s1. The van der Waals surface area contributed by atoms with E-state index < -0.39 is 17.3 Å². The molecule has 2 aromatic heterocycles. The van der Waals surface area contributed by atoms with E-state index in [1.165, 1.54) is 24.3 Å². The quantitative estimate of drug-likeness (QED) is 0.650. The second kappa shape index (κ2) is 6.62. The second-order valence-corrected chi connectivity index (χ2v) is 7.02. The summed E-state index contributed by atoms with van der Waals surface area (Å²) >= 11 is 0. The Morgan fingerprint density at radius 1 is 1.41 bits per heavy atom. The van der Waals surface area contributed by atoms with Crippen LogP contribution in [0.15, 0.2) is 41.5 Å². The minimum absolute atomic E-state index is 0.0677. The van der Waals surface area contributed by atoms with Gasteiger partial charge in [-0.05, 0) is 37.0 Å². The molecule has 0 saturated heterocycles. The molecule has 140 valence electrons. The van der Waals surface area contributed by atoms with Gasteiger partial charge in [0.2, 0.25) is 5.56 Å². The van der Waals surface area contributed by atoms with Crippen molar-refractivity contribution in [3.8, 4) is 0 Å². The molecule has 1 saturated carbocycles. The molecular weight excluding hydrogens is 351 g/mol. The Hall–Kier alpha value is -3.00. The van der Waals surface area contributed by atoms with Gasteiger partial charge in [-0.3, -0.25) is 14.3 Å². The second-order valence-electron chi connectivity index (χ2n) is 7.02. The number of rotatable bonds is 4. The van der Waals surface area contributed by atoms with Gasteiger partial charge in [-0.25, -0.2) is 4.39 Å². The average molecular weight is 370 g/mol. The number of hydrogen-bond donors (Lipinski definition) is 3. The van der Waals surface area contributed by atoms with E-state index in [1.54, 1.807) is 17.9 Å². The van der Waals surface area contributed by atoms with Crippen molar-refractivity contribution >= 4 is 16.8 Å². The Morgan fingerprint density at radius 2 is 2.19 bits per heavy atom. The lowest BCUT2D eigenvalue weighted by atomic mass is 9.75. The number of hydrogen-bond acceptors (Lipinski definition) is 4. The zero-order valence-electron chi connectivity index (χ0n) is 14.6. The van der Waals surface area contributed by atoms with Gasteiger partial charge in [0.1, 0.15) is 5.82 Å². The maximum Gasteiger partial charge on any atom is 0.252 e. The number of aryl methyl sites for hydroxylation is 1. The van der Waals surface area contributed by atoms with Crippen LogP contribution in [0, 0.1) is 11.7 Å². The predicted octanol–water partition coefficient (Wildman–Crippen LogP) is 1.64. The summed E-state index contributed by atoms with van der Waals surface area (Å²) in [5.41, 5.74) is 0.896. The van der Waals surface area contributed by atoms with E-state index in [9.17, 15) is 19.1 Å². The maximum absolute atomic E-state index is 13.7. The molecule has 0 aliphatic heterocycles. The number of nitrogens with zero attached hydrogens (tertiary/aromatic N) is 2. The van der Waals surface area contributed by atoms with Gasteiger partial charge in [0, 0.05) is 35.8 Å². The molecule has 0 spiro atoms. The molecule has 1 atom stereocenters. The number of amides is 1. The fraction of sp³-hybridized carbons (Fsp3) is 0.316. The normalized spacial score (nSPS) is 20.3. The van der Waals surface area contributed by atoms with Crippen molar-refractivity contribution in [1.82, 2.24) is 20.1 Å². The number of aliphatic hydroxyl groups excluding tert-OH is 1. The largest absolute Gasteiger partial charge is 0.393 e. The van der Waals surface area contributed by atoms with E-state index in [-0.39, 0.29) is 23.6 Å². The van der Waals surface area contributed by atoms with E-state index >= 15 is 0 Å². The first kappa shape index (κ1) is 17.4. The summed E-state index contributed by atoms with van der Waals surface area (Å²) in [7, 11) is 1.78. The van der Waals surface area contributed by atoms with E-state index in [4.69, 9.17) is 0 Å². The molecule has 27 heavy (non-hydrogen) atoms. The van der Waals surface area contributed by atoms with Crippen molar-refractivity contribution in [3.05, 3.63) is 64.0 Å². The van der Waals surface area contributed by atoms with Crippen molar-refractivity contribution in [2.24, 2.45) is 13.0 Å². The van der Waals surface area contributed by atoms with E-state index in [0.29, 0.717) is 23.7 Å². The third-order valence-electron chi connectivity index (χ3n) is 5.04. The summed E-state index contributed by atoms with van der Waals surface area (Å²) in [6.07, 6.45) is 4.26. The van der Waals surface area contributed by atoms with Gasteiger partial charge in [0.05, 0.1) is 23.9 Å². The van der Waals surface area contributed by atoms with Crippen LogP contribution in [-0.4, -0.2) is 31.9 Å². The van der Waals surface area contributed by atoms with Crippen LogP contribution < -0.4 is 10.9 Å². The number of aromatic amines is 1. The summed E-state index contributed by atoms with van der Waals surface area (Å²) in [5.74, 6) is -0.889. The predicted molar refractivity (Wildman–Crippen MR) is 96.7 cm³/mol. The van der Waals surface area contributed by atoms with Crippen molar-refractivity contribution in [2.75, 3.05) is 0 Å². The van der Waals surface area contributed by atoms with Gasteiger partial charge in [-0.1, -0.05) is 0 Å². The van der Waals surface area contributed by atoms with Crippen molar-refractivity contribution in [1.29, 1.82) is 0 Å². The Morgan fingerprint density at radius 3 is 2.85 bits per heavy atom. The molecule has 8 heteroatoms. The number of pyridine rings is 1. The Balaban J connectivity index is 1.70. The summed E-state index contributed by atoms with van der Waals surface area (Å²) < 4.78 is 15.3. The molecule has 2 heterocycles. The van der Waals surface area contributed by atoms with Crippen molar-refractivity contribution in [3.63, 3.8) is 0 Å². The van der Waals surface area contributed by atoms with Crippen LogP contribution in [0.25, 0.3) is 10.9 Å². The molecule has 1 fully saturated rings. The molecule has 0 radical (unpaired) electrons. The van der Waals surface area contributed by atoms with Crippen LogP contribution in [0.4, 0.5) is 4.39 Å². The Labute approximate surface area is 153 Å². The molecule has 1 aliphatic rings. The van der Waals surface area contributed by atoms with Gasteiger partial charge in [-0.2, -0.15) is 5.10 Å². The zero-order chi connectivity index (χ0) is 19.1. The molecule has 3 aromatic rings.